The quantitative estimate of drug-likeness (QED) is 0.453. The van der Waals surface area contributed by atoms with Crippen molar-refractivity contribution in [2.75, 3.05) is 32.7 Å². The Balaban J connectivity index is 1.23. The Morgan fingerprint density at radius 1 is 1.05 bits per heavy atom. The predicted octanol–water partition coefficient (Wildman–Crippen LogP) is 3.56. The first kappa shape index (κ1) is 27.1. The van der Waals surface area contributed by atoms with Gasteiger partial charge in [0.05, 0.1) is 18.0 Å². The highest BCUT2D eigenvalue weighted by Crippen LogP contribution is 2.19. The van der Waals surface area contributed by atoms with Gasteiger partial charge in [-0.3, -0.25) is 14.5 Å². The van der Waals surface area contributed by atoms with Crippen LogP contribution in [0, 0.1) is 11.3 Å². The number of hydrogen-bond donors (Lipinski definition) is 1. The van der Waals surface area contributed by atoms with E-state index in [9.17, 15) is 9.59 Å². The summed E-state index contributed by atoms with van der Waals surface area (Å²) in [6.45, 7) is 3.64. The third-order valence-electron chi connectivity index (χ3n) is 7.49. The SMILES string of the molecule is N#Cc1ccc(Cn2cncc2CCNC(=O)C2CN(CC3=CC=CCC3)CCN2C(=O)c2ccccc2)cc1. The molecular weight excluding hydrogens is 500 g/mol. The van der Waals surface area contributed by atoms with E-state index in [1.165, 1.54) is 5.57 Å². The number of amides is 2. The number of nitrogens with zero attached hydrogens (tertiary/aromatic N) is 5. The molecule has 8 nitrogen and oxygen atoms in total. The molecule has 204 valence electrons. The minimum atomic E-state index is -0.565. The number of carbonyl (C=O) groups is 2. The number of benzene rings is 2. The van der Waals surface area contributed by atoms with Crippen LogP contribution in [0.25, 0.3) is 0 Å². The van der Waals surface area contributed by atoms with Crippen LogP contribution in [-0.4, -0.2) is 69.9 Å². The van der Waals surface area contributed by atoms with E-state index in [0.29, 0.717) is 43.7 Å². The molecule has 40 heavy (non-hydrogen) atoms. The number of nitrogens with one attached hydrogen (secondary N) is 1. The zero-order valence-corrected chi connectivity index (χ0v) is 22.6. The van der Waals surface area contributed by atoms with Gasteiger partial charge in [-0.2, -0.15) is 5.26 Å². The molecule has 0 radical (unpaired) electrons. The number of rotatable bonds is 9. The van der Waals surface area contributed by atoms with Gasteiger partial charge < -0.3 is 14.8 Å². The van der Waals surface area contributed by atoms with E-state index in [1.54, 1.807) is 23.4 Å². The number of nitriles is 1. The number of carbonyl (C=O) groups excluding carboxylic acids is 2. The maximum Gasteiger partial charge on any atom is 0.254 e. The minimum Gasteiger partial charge on any atom is -0.354 e. The molecule has 2 heterocycles. The lowest BCUT2D eigenvalue weighted by Gasteiger charge is -2.41. The van der Waals surface area contributed by atoms with Crippen molar-refractivity contribution in [1.82, 2.24) is 24.7 Å². The van der Waals surface area contributed by atoms with E-state index < -0.39 is 6.04 Å². The summed E-state index contributed by atoms with van der Waals surface area (Å²) in [7, 11) is 0. The van der Waals surface area contributed by atoms with Crippen LogP contribution in [0.1, 0.15) is 40.0 Å². The Morgan fingerprint density at radius 3 is 2.62 bits per heavy atom. The number of piperazine rings is 1. The van der Waals surface area contributed by atoms with E-state index in [2.05, 4.69) is 39.5 Å². The maximum atomic E-state index is 13.5. The van der Waals surface area contributed by atoms with Crippen LogP contribution >= 0.6 is 0 Å². The van der Waals surface area contributed by atoms with Crippen LogP contribution in [-0.2, 0) is 17.8 Å². The van der Waals surface area contributed by atoms with Crippen LogP contribution in [0.5, 0.6) is 0 Å². The molecule has 8 heteroatoms. The van der Waals surface area contributed by atoms with E-state index >= 15 is 0 Å². The fourth-order valence-corrected chi connectivity index (χ4v) is 5.28. The van der Waals surface area contributed by atoms with Crippen LogP contribution < -0.4 is 5.32 Å². The van der Waals surface area contributed by atoms with Gasteiger partial charge in [0.1, 0.15) is 6.04 Å². The van der Waals surface area contributed by atoms with Crippen molar-refractivity contribution < 1.29 is 9.59 Å². The van der Waals surface area contributed by atoms with Gasteiger partial charge in [0, 0.05) is 63.1 Å². The van der Waals surface area contributed by atoms with Crippen molar-refractivity contribution in [1.29, 1.82) is 5.26 Å². The van der Waals surface area contributed by atoms with Crippen LogP contribution in [0.15, 0.2) is 90.9 Å². The summed E-state index contributed by atoms with van der Waals surface area (Å²) in [5, 5.41) is 12.1. The predicted molar refractivity (Wildman–Crippen MR) is 153 cm³/mol. The summed E-state index contributed by atoms with van der Waals surface area (Å²) in [5.74, 6) is -0.245. The molecule has 0 spiro atoms. The zero-order valence-electron chi connectivity index (χ0n) is 22.6. The lowest BCUT2D eigenvalue weighted by atomic mass is 10.0. The minimum absolute atomic E-state index is 0.110. The van der Waals surface area contributed by atoms with Crippen LogP contribution in [0.2, 0.25) is 0 Å². The highest BCUT2D eigenvalue weighted by Gasteiger charge is 2.35. The van der Waals surface area contributed by atoms with Crippen molar-refractivity contribution in [3.8, 4) is 6.07 Å². The summed E-state index contributed by atoms with van der Waals surface area (Å²) < 4.78 is 2.05. The molecule has 2 amide bonds. The van der Waals surface area contributed by atoms with Crippen molar-refractivity contribution in [3.63, 3.8) is 0 Å². The average molecular weight is 535 g/mol. The Bertz CT molecular complexity index is 1420. The molecule has 1 fully saturated rings. The zero-order chi connectivity index (χ0) is 27.7. The van der Waals surface area contributed by atoms with Gasteiger partial charge in [0.25, 0.3) is 5.91 Å². The highest BCUT2D eigenvalue weighted by atomic mass is 16.2. The normalized spacial score (nSPS) is 17.2. The van der Waals surface area contributed by atoms with Gasteiger partial charge in [-0.1, -0.05) is 54.1 Å². The fourth-order valence-electron chi connectivity index (χ4n) is 5.28. The highest BCUT2D eigenvalue weighted by molar-refractivity contribution is 5.97. The number of allylic oxidation sites excluding steroid dienone is 3. The maximum absolute atomic E-state index is 13.5. The topological polar surface area (TPSA) is 94.3 Å². The lowest BCUT2D eigenvalue weighted by Crippen LogP contribution is -2.60. The van der Waals surface area contributed by atoms with Gasteiger partial charge in [-0.15, -0.1) is 0 Å². The van der Waals surface area contributed by atoms with Crippen molar-refractivity contribution >= 4 is 11.8 Å². The van der Waals surface area contributed by atoms with E-state index in [1.807, 2.05) is 53.2 Å². The van der Waals surface area contributed by atoms with Crippen molar-refractivity contribution in [2.24, 2.45) is 0 Å². The molecule has 1 saturated heterocycles. The first-order chi connectivity index (χ1) is 19.6. The molecule has 0 saturated carbocycles. The first-order valence-corrected chi connectivity index (χ1v) is 13.8. The molecule has 2 aromatic carbocycles. The number of aromatic nitrogens is 2. The fraction of sp³-hybridized carbons (Fsp3) is 0.312. The first-order valence-electron chi connectivity index (χ1n) is 13.8. The summed E-state index contributed by atoms with van der Waals surface area (Å²) in [5.41, 5.74) is 4.67. The van der Waals surface area contributed by atoms with Crippen LogP contribution in [0.4, 0.5) is 0 Å². The summed E-state index contributed by atoms with van der Waals surface area (Å²) in [4.78, 5) is 35.3. The summed E-state index contributed by atoms with van der Waals surface area (Å²) in [6, 6.07) is 18.3. The van der Waals surface area contributed by atoms with Gasteiger partial charge in [0.15, 0.2) is 0 Å². The molecule has 2 aliphatic rings. The Hall–Kier alpha value is -4.48. The van der Waals surface area contributed by atoms with Gasteiger partial charge >= 0.3 is 0 Å². The average Bonchev–Trinajstić information content (AvgIpc) is 3.44. The molecule has 1 aliphatic carbocycles. The molecule has 1 atom stereocenters. The second kappa shape index (κ2) is 13.0. The second-order valence-electron chi connectivity index (χ2n) is 10.3. The lowest BCUT2D eigenvalue weighted by molar-refractivity contribution is -0.127. The Morgan fingerprint density at radius 2 is 1.88 bits per heavy atom. The smallest absolute Gasteiger partial charge is 0.254 e. The Labute approximate surface area is 235 Å². The van der Waals surface area contributed by atoms with Crippen molar-refractivity contribution in [3.05, 3.63) is 113 Å². The standard InChI is InChI=1S/C32H34N6O2/c33-19-25-11-13-27(14-12-25)22-37-24-34-20-29(37)15-16-35-31(39)30-23-36(21-26-7-3-1-4-8-26)17-18-38(30)32(40)28-9-5-2-6-10-28/h1-3,5-7,9-14,20,24,30H,4,8,15-18,21-23H2,(H,35,39). The number of imidazole rings is 1. The summed E-state index contributed by atoms with van der Waals surface area (Å²) >= 11 is 0. The van der Waals surface area contributed by atoms with Crippen LogP contribution in [0.3, 0.4) is 0 Å². The van der Waals surface area contributed by atoms with Gasteiger partial charge in [0.2, 0.25) is 5.91 Å². The molecular formula is C32H34N6O2. The third kappa shape index (κ3) is 6.74. The van der Waals surface area contributed by atoms with Gasteiger partial charge in [-0.05, 0) is 42.7 Å². The van der Waals surface area contributed by atoms with Gasteiger partial charge in [-0.25, -0.2) is 4.98 Å². The molecule has 0 bridgehead atoms. The van der Waals surface area contributed by atoms with E-state index in [4.69, 9.17) is 5.26 Å². The third-order valence-corrected chi connectivity index (χ3v) is 7.49. The number of hydrogen-bond acceptors (Lipinski definition) is 5. The largest absolute Gasteiger partial charge is 0.354 e. The van der Waals surface area contributed by atoms with E-state index in [-0.39, 0.29) is 11.8 Å². The molecule has 5 rings (SSSR count). The Kier molecular flexibility index (Phi) is 8.84. The monoisotopic (exact) mass is 534 g/mol. The molecule has 1 aromatic heterocycles. The molecule has 1 unspecified atom stereocenters. The molecule has 1 aliphatic heterocycles. The second-order valence-corrected chi connectivity index (χ2v) is 10.3. The summed E-state index contributed by atoms with van der Waals surface area (Å²) in [6.07, 6.45) is 12.7. The molecule has 1 N–H and O–H groups in total. The molecule has 3 aromatic rings. The van der Waals surface area contributed by atoms with Crippen molar-refractivity contribution in [2.45, 2.75) is 31.8 Å². The van der Waals surface area contributed by atoms with E-state index in [0.717, 1.165) is 37.2 Å².